The van der Waals surface area contributed by atoms with Crippen LogP contribution in [0.5, 0.6) is 11.5 Å². The first-order valence-electron chi connectivity index (χ1n) is 6.05. The molecule has 1 aromatic heterocycles. The van der Waals surface area contributed by atoms with E-state index < -0.39 is 11.9 Å². The minimum absolute atomic E-state index is 0.221. The zero-order valence-electron chi connectivity index (χ0n) is 12.2. The molecule has 124 valence electrons. The second-order valence-corrected chi connectivity index (χ2v) is 3.83. The van der Waals surface area contributed by atoms with Gasteiger partial charge in [-0.2, -0.15) is 18.3 Å². The largest absolute Gasteiger partial charge is 0.456 e. The number of hydrazone groups is 1. The predicted molar refractivity (Wildman–Crippen MR) is 80.9 cm³/mol. The lowest BCUT2D eigenvalue weighted by atomic mass is 10.2. The van der Waals surface area contributed by atoms with Crippen LogP contribution in [0.15, 0.2) is 47.7 Å². The topological polar surface area (TPSA) is 108 Å². The summed E-state index contributed by atoms with van der Waals surface area (Å²) in [7, 11) is 0. The number of nitrogens with zero attached hydrogens (tertiary/aromatic N) is 4. The highest BCUT2D eigenvalue weighted by Gasteiger charge is 2.32. The molecule has 24 heavy (non-hydrogen) atoms. The van der Waals surface area contributed by atoms with E-state index in [-0.39, 0.29) is 5.75 Å². The highest BCUT2D eigenvalue weighted by Crippen LogP contribution is 2.29. The lowest BCUT2D eigenvalue weighted by Gasteiger charge is -2.08. The van der Waals surface area contributed by atoms with Gasteiger partial charge < -0.3 is 10.6 Å². The van der Waals surface area contributed by atoms with Crippen molar-refractivity contribution in [2.75, 3.05) is 0 Å². The van der Waals surface area contributed by atoms with Gasteiger partial charge in [0.15, 0.2) is 0 Å². The second kappa shape index (κ2) is 10.2. The van der Waals surface area contributed by atoms with E-state index in [0.29, 0.717) is 5.75 Å². The smallest absolute Gasteiger partial charge is 0.433 e. The zero-order valence-corrected chi connectivity index (χ0v) is 12.2. The average molecular weight is 335 g/mol. The van der Waals surface area contributed by atoms with Crippen molar-refractivity contribution in [2.45, 2.75) is 6.18 Å². The van der Waals surface area contributed by atoms with E-state index in [9.17, 15) is 13.2 Å². The van der Waals surface area contributed by atoms with Crippen molar-refractivity contribution in [3.63, 3.8) is 0 Å². The molecular weight excluding hydrogens is 323 g/mol. The van der Waals surface area contributed by atoms with E-state index in [2.05, 4.69) is 23.2 Å². The molecule has 1 heterocycles. The molecule has 2 rings (SSSR count). The van der Waals surface area contributed by atoms with Crippen LogP contribution in [0.2, 0.25) is 0 Å². The summed E-state index contributed by atoms with van der Waals surface area (Å²) in [4.78, 5) is 3.31. The van der Waals surface area contributed by atoms with Gasteiger partial charge in [0.25, 0.3) is 0 Å². The molecule has 9 heteroatoms. The van der Waals surface area contributed by atoms with Crippen molar-refractivity contribution in [1.29, 1.82) is 10.5 Å². The monoisotopic (exact) mass is 335 g/mol. The summed E-state index contributed by atoms with van der Waals surface area (Å²) in [5.41, 5.74) is -0.176. The Morgan fingerprint density at radius 1 is 1.00 bits per heavy atom. The van der Waals surface area contributed by atoms with Crippen molar-refractivity contribution < 1.29 is 17.9 Å². The Hall–Kier alpha value is -3.59. The molecular formula is C15H12F3N5O. The van der Waals surface area contributed by atoms with Gasteiger partial charge in [-0.05, 0) is 42.0 Å². The molecule has 0 atom stereocenters. The van der Waals surface area contributed by atoms with Gasteiger partial charge in [0.05, 0.1) is 12.4 Å². The Morgan fingerprint density at radius 3 is 1.96 bits per heavy atom. The Labute approximate surface area is 136 Å². The first-order valence-corrected chi connectivity index (χ1v) is 6.05. The van der Waals surface area contributed by atoms with Gasteiger partial charge in [0, 0.05) is 13.1 Å². The fraction of sp³-hybridized carbons (Fsp3) is 0.0667. The second-order valence-electron chi connectivity index (χ2n) is 3.83. The lowest BCUT2D eigenvalue weighted by Crippen LogP contribution is -2.07. The number of nitrogens with two attached hydrogens (primary N) is 1. The molecule has 1 aromatic carbocycles. The van der Waals surface area contributed by atoms with Crippen LogP contribution in [-0.2, 0) is 6.18 Å². The number of alkyl halides is 3. The van der Waals surface area contributed by atoms with E-state index in [1.54, 1.807) is 24.3 Å². The van der Waals surface area contributed by atoms with Gasteiger partial charge >= 0.3 is 6.18 Å². The Kier molecular flexibility index (Phi) is 8.66. The summed E-state index contributed by atoms with van der Waals surface area (Å²) in [6.45, 7) is 7.00. The first kappa shape index (κ1) is 20.4. The third-order valence-corrected chi connectivity index (χ3v) is 2.37. The van der Waals surface area contributed by atoms with Crippen molar-refractivity contribution in [3.05, 3.63) is 53.9 Å². The number of aromatic nitrogens is 1. The number of ether oxygens (including phenoxy) is 1. The van der Waals surface area contributed by atoms with Gasteiger partial charge in [-0.3, -0.25) is 0 Å². The van der Waals surface area contributed by atoms with Crippen LogP contribution in [0.1, 0.15) is 11.3 Å². The SMILES string of the molecule is C#N.C#N.NN=Cc1ccc(Oc2ccc(C(F)(F)F)nc2)cc1. The Morgan fingerprint density at radius 2 is 1.54 bits per heavy atom. The van der Waals surface area contributed by atoms with Crippen LogP contribution in [0.25, 0.3) is 0 Å². The summed E-state index contributed by atoms with van der Waals surface area (Å²) in [5.74, 6) is 5.70. The first-order chi connectivity index (χ1) is 11.5. The summed E-state index contributed by atoms with van der Waals surface area (Å²) >= 11 is 0. The standard InChI is InChI=1S/C13H10F3N3O.2CHN/c14-13(15,16)12-6-5-11(8-18-12)20-10-3-1-9(2-4-10)7-19-17;2*1-2/h1-8H,17H2;2*1H. The van der Waals surface area contributed by atoms with E-state index in [1.165, 1.54) is 12.3 Å². The molecule has 0 bridgehead atoms. The maximum absolute atomic E-state index is 12.3. The van der Waals surface area contributed by atoms with Gasteiger partial charge in [-0.15, -0.1) is 0 Å². The summed E-state index contributed by atoms with van der Waals surface area (Å²) in [5, 5.41) is 16.4. The van der Waals surface area contributed by atoms with Crippen LogP contribution < -0.4 is 10.6 Å². The summed E-state index contributed by atoms with van der Waals surface area (Å²) in [6, 6.07) is 8.80. The molecule has 6 nitrogen and oxygen atoms in total. The average Bonchev–Trinajstić information content (AvgIpc) is 2.60. The molecule has 0 saturated heterocycles. The highest BCUT2D eigenvalue weighted by atomic mass is 19.4. The van der Waals surface area contributed by atoms with Crippen molar-refractivity contribution in [3.8, 4) is 24.6 Å². The molecule has 0 amide bonds. The normalized spacial score (nSPS) is 9.96. The zero-order chi connectivity index (χ0) is 18.6. The summed E-state index contributed by atoms with van der Waals surface area (Å²) in [6.07, 6.45) is -1.97. The molecule has 0 unspecified atom stereocenters. The minimum Gasteiger partial charge on any atom is -0.456 e. The van der Waals surface area contributed by atoms with Gasteiger partial charge in [0.1, 0.15) is 17.2 Å². The number of halogens is 3. The third kappa shape index (κ3) is 6.45. The van der Waals surface area contributed by atoms with Crippen LogP contribution >= 0.6 is 0 Å². The maximum atomic E-state index is 12.3. The molecule has 0 fully saturated rings. The molecule has 0 saturated carbocycles. The molecule has 0 aliphatic carbocycles. The number of pyridine rings is 1. The van der Waals surface area contributed by atoms with E-state index in [0.717, 1.165) is 17.8 Å². The van der Waals surface area contributed by atoms with Crippen LogP contribution in [0, 0.1) is 23.7 Å². The molecule has 0 spiro atoms. The number of hydrogen-bond donors (Lipinski definition) is 1. The van der Waals surface area contributed by atoms with Crippen LogP contribution in [0.3, 0.4) is 0 Å². The fourth-order valence-corrected chi connectivity index (χ4v) is 1.45. The molecule has 0 aliphatic heterocycles. The Bertz CT molecular complexity index is 670. The molecule has 2 N–H and O–H groups in total. The maximum Gasteiger partial charge on any atom is 0.433 e. The number of rotatable bonds is 3. The lowest BCUT2D eigenvalue weighted by molar-refractivity contribution is -0.141. The third-order valence-electron chi connectivity index (χ3n) is 2.37. The van der Waals surface area contributed by atoms with Crippen LogP contribution in [-0.4, -0.2) is 11.2 Å². The number of nitriles is 2. The van der Waals surface area contributed by atoms with Crippen LogP contribution in [0.4, 0.5) is 13.2 Å². The van der Waals surface area contributed by atoms with Gasteiger partial charge in [-0.1, -0.05) is 0 Å². The minimum atomic E-state index is -4.46. The van der Waals surface area contributed by atoms with E-state index >= 15 is 0 Å². The van der Waals surface area contributed by atoms with Gasteiger partial charge in [-0.25, -0.2) is 15.5 Å². The van der Waals surface area contributed by atoms with Crippen molar-refractivity contribution in [2.24, 2.45) is 10.9 Å². The van der Waals surface area contributed by atoms with Crippen molar-refractivity contribution in [1.82, 2.24) is 4.98 Å². The predicted octanol–water partition coefficient (Wildman–Crippen LogP) is 3.46. The molecule has 0 aliphatic rings. The quantitative estimate of drug-likeness (QED) is 0.525. The Balaban J connectivity index is 0.00000123. The van der Waals surface area contributed by atoms with Crippen molar-refractivity contribution >= 4 is 6.21 Å². The fourth-order valence-electron chi connectivity index (χ4n) is 1.45. The number of benzene rings is 1. The van der Waals surface area contributed by atoms with Gasteiger partial charge in [0.2, 0.25) is 0 Å². The van der Waals surface area contributed by atoms with E-state index in [4.69, 9.17) is 21.1 Å². The number of hydrogen-bond acceptors (Lipinski definition) is 6. The molecule has 2 aromatic rings. The van der Waals surface area contributed by atoms with E-state index in [1.807, 2.05) is 0 Å². The molecule has 0 radical (unpaired) electrons. The highest BCUT2D eigenvalue weighted by molar-refractivity contribution is 5.79. The summed E-state index contributed by atoms with van der Waals surface area (Å²) < 4.78 is 42.4.